The molecule has 0 fully saturated rings. The normalized spacial score (nSPS) is 10.5. The Balaban J connectivity index is 2.05. The van der Waals surface area contributed by atoms with Gasteiger partial charge in [0.05, 0.1) is 11.3 Å². The Hall–Kier alpha value is -2.43. The van der Waals surface area contributed by atoms with Gasteiger partial charge in [0.15, 0.2) is 0 Å². The summed E-state index contributed by atoms with van der Waals surface area (Å²) in [7, 11) is 0. The van der Waals surface area contributed by atoms with Crippen LogP contribution < -0.4 is 10.6 Å². The topological polar surface area (TPSA) is 54.0 Å². The number of hydrogen-bond donors (Lipinski definition) is 2. The SMILES string of the molecule is CC(C)CNc1cncc(C(=O)Nc2ccc(F)cc2)c1. The van der Waals surface area contributed by atoms with Gasteiger partial charge in [0.1, 0.15) is 5.82 Å². The summed E-state index contributed by atoms with van der Waals surface area (Å²) in [5.74, 6) is -0.112. The molecule has 110 valence electrons. The molecule has 0 bridgehead atoms. The standard InChI is InChI=1S/C16H18FN3O/c1-11(2)8-19-15-7-12(9-18-10-15)16(21)20-14-5-3-13(17)4-6-14/h3-7,9-11,19H,8H2,1-2H3,(H,20,21). The van der Waals surface area contributed by atoms with E-state index in [2.05, 4.69) is 29.5 Å². The van der Waals surface area contributed by atoms with Gasteiger partial charge < -0.3 is 10.6 Å². The van der Waals surface area contributed by atoms with Crippen LogP contribution in [-0.4, -0.2) is 17.4 Å². The number of anilines is 2. The van der Waals surface area contributed by atoms with Crippen LogP contribution >= 0.6 is 0 Å². The van der Waals surface area contributed by atoms with Crippen LogP contribution in [-0.2, 0) is 0 Å². The minimum Gasteiger partial charge on any atom is -0.384 e. The molecule has 1 aromatic heterocycles. The fourth-order valence-electron chi connectivity index (χ4n) is 1.72. The van der Waals surface area contributed by atoms with Gasteiger partial charge in [0, 0.05) is 24.6 Å². The van der Waals surface area contributed by atoms with Crippen molar-refractivity contribution in [3.05, 3.63) is 54.1 Å². The van der Waals surface area contributed by atoms with Crippen LogP contribution in [0.15, 0.2) is 42.7 Å². The first kappa shape index (κ1) is 15.0. The van der Waals surface area contributed by atoms with Crippen LogP contribution in [0, 0.1) is 11.7 Å². The average molecular weight is 287 g/mol. The number of nitrogens with one attached hydrogen (secondary N) is 2. The van der Waals surface area contributed by atoms with Gasteiger partial charge in [-0.3, -0.25) is 9.78 Å². The number of aromatic nitrogens is 1. The van der Waals surface area contributed by atoms with E-state index >= 15 is 0 Å². The van der Waals surface area contributed by atoms with Crippen molar-refractivity contribution in [2.45, 2.75) is 13.8 Å². The first-order valence-electron chi connectivity index (χ1n) is 6.80. The molecule has 0 atom stereocenters. The molecule has 0 saturated heterocycles. The molecule has 21 heavy (non-hydrogen) atoms. The maximum atomic E-state index is 12.8. The second-order valence-corrected chi connectivity index (χ2v) is 5.20. The number of carbonyl (C=O) groups is 1. The fraction of sp³-hybridized carbons (Fsp3) is 0.250. The van der Waals surface area contributed by atoms with Gasteiger partial charge in [-0.15, -0.1) is 0 Å². The molecule has 1 amide bonds. The molecule has 0 aliphatic rings. The largest absolute Gasteiger partial charge is 0.384 e. The highest BCUT2D eigenvalue weighted by atomic mass is 19.1. The zero-order valence-electron chi connectivity index (χ0n) is 12.1. The van der Waals surface area contributed by atoms with Crippen molar-refractivity contribution in [3.8, 4) is 0 Å². The number of rotatable bonds is 5. The third kappa shape index (κ3) is 4.56. The Morgan fingerprint density at radius 2 is 1.90 bits per heavy atom. The van der Waals surface area contributed by atoms with E-state index in [1.54, 1.807) is 12.3 Å². The summed E-state index contributed by atoms with van der Waals surface area (Å²) in [5.41, 5.74) is 1.80. The smallest absolute Gasteiger partial charge is 0.257 e. The molecule has 2 rings (SSSR count). The lowest BCUT2D eigenvalue weighted by atomic mass is 10.2. The number of halogens is 1. The lowest BCUT2D eigenvalue weighted by Crippen LogP contribution is -2.13. The highest BCUT2D eigenvalue weighted by Crippen LogP contribution is 2.13. The summed E-state index contributed by atoms with van der Waals surface area (Å²) in [4.78, 5) is 16.2. The molecule has 4 nitrogen and oxygen atoms in total. The molecular formula is C16H18FN3O. The van der Waals surface area contributed by atoms with Crippen molar-refractivity contribution in [1.82, 2.24) is 4.98 Å². The third-order valence-electron chi connectivity index (χ3n) is 2.82. The predicted octanol–water partition coefficient (Wildman–Crippen LogP) is 3.54. The third-order valence-corrected chi connectivity index (χ3v) is 2.82. The molecule has 0 unspecified atom stereocenters. The summed E-state index contributed by atoms with van der Waals surface area (Å²) >= 11 is 0. The fourth-order valence-corrected chi connectivity index (χ4v) is 1.72. The zero-order chi connectivity index (χ0) is 15.2. The van der Waals surface area contributed by atoms with Crippen LogP contribution in [0.4, 0.5) is 15.8 Å². The van der Waals surface area contributed by atoms with Gasteiger partial charge >= 0.3 is 0 Å². The lowest BCUT2D eigenvalue weighted by Gasteiger charge is -2.10. The Bertz CT molecular complexity index is 611. The summed E-state index contributed by atoms with van der Waals surface area (Å²) in [6.45, 7) is 5.02. The van der Waals surface area contributed by atoms with E-state index < -0.39 is 0 Å². The average Bonchev–Trinajstić information content (AvgIpc) is 2.48. The van der Waals surface area contributed by atoms with E-state index in [0.717, 1.165) is 12.2 Å². The maximum Gasteiger partial charge on any atom is 0.257 e. The van der Waals surface area contributed by atoms with Crippen molar-refractivity contribution < 1.29 is 9.18 Å². The zero-order valence-corrected chi connectivity index (χ0v) is 12.1. The summed E-state index contributed by atoms with van der Waals surface area (Å²) in [6.07, 6.45) is 3.18. The van der Waals surface area contributed by atoms with E-state index in [1.807, 2.05) is 0 Å². The van der Waals surface area contributed by atoms with Gasteiger partial charge in [0.25, 0.3) is 5.91 Å². The van der Waals surface area contributed by atoms with Crippen LogP contribution in [0.2, 0.25) is 0 Å². The molecule has 0 saturated carbocycles. The Morgan fingerprint density at radius 1 is 1.19 bits per heavy atom. The van der Waals surface area contributed by atoms with Gasteiger partial charge in [0.2, 0.25) is 0 Å². The predicted molar refractivity (Wildman–Crippen MR) is 81.9 cm³/mol. The lowest BCUT2D eigenvalue weighted by molar-refractivity contribution is 0.102. The first-order valence-corrected chi connectivity index (χ1v) is 6.80. The molecule has 5 heteroatoms. The Morgan fingerprint density at radius 3 is 2.57 bits per heavy atom. The number of amides is 1. The van der Waals surface area contributed by atoms with E-state index in [0.29, 0.717) is 17.2 Å². The van der Waals surface area contributed by atoms with E-state index in [4.69, 9.17) is 0 Å². The van der Waals surface area contributed by atoms with Crippen molar-refractivity contribution in [2.24, 2.45) is 5.92 Å². The van der Waals surface area contributed by atoms with Crippen molar-refractivity contribution in [2.75, 3.05) is 17.2 Å². The van der Waals surface area contributed by atoms with Crippen LogP contribution in [0.1, 0.15) is 24.2 Å². The monoisotopic (exact) mass is 287 g/mol. The van der Waals surface area contributed by atoms with Gasteiger partial charge in [-0.05, 0) is 36.2 Å². The number of hydrogen-bond acceptors (Lipinski definition) is 3. The number of nitrogens with zero attached hydrogens (tertiary/aromatic N) is 1. The van der Waals surface area contributed by atoms with Crippen LogP contribution in [0.3, 0.4) is 0 Å². The summed E-state index contributed by atoms with van der Waals surface area (Å²) in [5, 5.41) is 5.92. The highest BCUT2D eigenvalue weighted by Gasteiger charge is 2.08. The van der Waals surface area contributed by atoms with E-state index in [9.17, 15) is 9.18 Å². The van der Waals surface area contributed by atoms with Gasteiger partial charge in [-0.1, -0.05) is 13.8 Å². The molecule has 0 aliphatic carbocycles. The minimum atomic E-state index is -0.338. The Kier molecular flexibility index (Phi) is 4.87. The molecule has 0 aliphatic heterocycles. The Labute approximate surface area is 123 Å². The van der Waals surface area contributed by atoms with E-state index in [1.165, 1.54) is 30.5 Å². The quantitative estimate of drug-likeness (QED) is 0.884. The van der Waals surface area contributed by atoms with Crippen molar-refractivity contribution >= 4 is 17.3 Å². The molecule has 0 radical (unpaired) electrons. The summed E-state index contributed by atoms with van der Waals surface area (Å²) < 4.78 is 12.8. The first-order chi connectivity index (χ1) is 10.0. The molecule has 2 N–H and O–H groups in total. The molecule has 2 aromatic rings. The van der Waals surface area contributed by atoms with Gasteiger partial charge in [-0.25, -0.2) is 4.39 Å². The number of pyridine rings is 1. The number of benzene rings is 1. The summed E-state index contributed by atoms with van der Waals surface area (Å²) in [6, 6.07) is 7.38. The second kappa shape index (κ2) is 6.83. The second-order valence-electron chi connectivity index (χ2n) is 5.20. The molecule has 1 heterocycles. The maximum absolute atomic E-state index is 12.8. The molecular weight excluding hydrogens is 269 g/mol. The van der Waals surface area contributed by atoms with Crippen molar-refractivity contribution in [3.63, 3.8) is 0 Å². The molecule has 0 spiro atoms. The highest BCUT2D eigenvalue weighted by molar-refractivity contribution is 6.04. The molecule has 1 aromatic carbocycles. The van der Waals surface area contributed by atoms with Gasteiger partial charge in [-0.2, -0.15) is 0 Å². The minimum absolute atomic E-state index is 0.276. The van der Waals surface area contributed by atoms with Crippen LogP contribution in [0.5, 0.6) is 0 Å². The van der Waals surface area contributed by atoms with E-state index in [-0.39, 0.29) is 11.7 Å². The van der Waals surface area contributed by atoms with Crippen molar-refractivity contribution in [1.29, 1.82) is 0 Å². The number of carbonyl (C=O) groups excluding carboxylic acids is 1. The van der Waals surface area contributed by atoms with Crippen LogP contribution in [0.25, 0.3) is 0 Å².